The molecular formula is C8H11F3N2O3S. The molecule has 0 radical (unpaired) electrons. The Balaban J connectivity index is 3.05. The summed E-state index contributed by atoms with van der Waals surface area (Å²) in [6, 6.07) is 0. The van der Waals surface area contributed by atoms with Gasteiger partial charge in [0.2, 0.25) is 0 Å². The van der Waals surface area contributed by atoms with Gasteiger partial charge in [0.15, 0.2) is 0 Å². The molecule has 0 fully saturated rings. The van der Waals surface area contributed by atoms with Crippen LogP contribution in [0.5, 0.6) is 0 Å². The Morgan fingerprint density at radius 2 is 2.06 bits per heavy atom. The van der Waals surface area contributed by atoms with E-state index in [0.717, 1.165) is 12.5 Å². The summed E-state index contributed by atoms with van der Waals surface area (Å²) in [6.07, 6.45) is -2.87. The van der Waals surface area contributed by atoms with E-state index in [2.05, 4.69) is 5.10 Å². The Morgan fingerprint density at radius 3 is 2.47 bits per heavy atom. The van der Waals surface area contributed by atoms with Gasteiger partial charge in [0, 0.05) is 11.8 Å². The number of aliphatic hydroxyl groups is 1. The maximum absolute atomic E-state index is 12.6. The highest BCUT2D eigenvalue weighted by Gasteiger charge is 2.37. The normalized spacial score (nSPS) is 13.0. The molecule has 0 aliphatic carbocycles. The van der Waals surface area contributed by atoms with E-state index in [1.165, 1.54) is 0 Å². The molecule has 0 unspecified atom stereocenters. The molecule has 1 aromatic heterocycles. The molecule has 0 aliphatic heterocycles. The molecule has 0 bridgehead atoms. The maximum atomic E-state index is 12.6. The minimum Gasteiger partial charge on any atom is -0.392 e. The molecule has 1 heterocycles. The van der Waals surface area contributed by atoms with Crippen molar-refractivity contribution in [3.8, 4) is 0 Å². The Morgan fingerprint density at radius 1 is 1.47 bits per heavy atom. The third-order valence-electron chi connectivity index (χ3n) is 2.03. The van der Waals surface area contributed by atoms with Crippen LogP contribution in [0.15, 0.2) is 6.20 Å². The maximum Gasteiger partial charge on any atom is 0.433 e. The molecule has 5 nitrogen and oxygen atoms in total. The van der Waals surface area contributed by atoms with Gasteiger partial charge in [-0.2, -0.15) is 18.3 Å². The van der Waals surface area contributed by atoms with Gasteiger partial charge in [-0.1, -0.05) is 0 Å². The van der Waals surface area contributed by atoms with E-state index in [1.807, 2.05) is 0 Å². The first kappa shape index (κ1) is 14.0. The lowest BCUT2D eigenvalue weighted by atomic mass is 10.2. The monoisotopic (exact) mass is 272 g/mol. The number of hydrogen-bond acceptors (Lipinski definition) is 4. The molecule has 1 rings (SSSR count). The lowest BCUT2D eigenvalue weighted by Crippen LogP contribution is -2.20. The Labute approximate surface area is 95.8 Å². The zero-order valence-corrected chi connectivity index (χ0v) is 9.72. The average molecular weight is 272 g/mol. The highest BCUT2D eigenvalue weighted by Crippen LogP contribution is 2.31. The SMILES string of the molecule is CS(=O)(=O)CCn1ncc(CO)c1C(F)(F)F. The summed E-state index contributed by atoms with van der Waals surface area (Å²) in [5.41, 5.74) is -1.48. The molecule has 0 aromatic carbocycles. The van der Waals surface area contributed by atoms with Gasteiger partial charge in [-0.25, -0.2) is 8.42 Å². The number of hydrogen-bond donors (Lipinski definition) is 1. The van der Waals surface area contributed by atoms with Crippen molar-refractivity contribution in [1.82, 2.24) is 9.78 Å². The molecule has 98 valence electrons. The first-order valence-electron chi connectivity index (χ1n) is 4.55. The number of rotatable bonds is 4. The second-order valence-electron chi connectivity index (χ2n) is 3.53. The molecule has 9 heteroatoms. The third kappa shape index (κ3) is 3.70. The summed E-state index contributed by atoms with van der Waals surface area (Å²) in [5.74, 6) is -0.442. The smallest absolute Gasteiger partial charge is 0.392 e. The van der Waals surface area contributed by atoms with Crippen LogP contribution in [0.25, 0.3) is 0 Å². The Hall–Kier alpha value is -1.09. The largest absolute Gasteiger partial charge is 0.433 e. The van der Waals surface area contributed by atoms with Crippen LogP contribution in [0.1, 0.15) is 11.3 Å². The van der Waals surface area contributed by atoms with Crippen molar-refractivity contribution >= 4 is 9.84 Å². The fourth-order valence-electron chi connectivity index (χ4n) is 1.29. The van der Waals surface area contributed by atoms with Crippen LogP contribution in [0.3, 0.4) is 0 Å². The minimum absolute atomic E-state index is 0.369. The number of sulfone groups is 1. The van der Waals surface area contributed by atoms with Crippen LogP contribution >= 0.6 is 0 Å². The summed E-state index contributed by atoms with van der Waals surface area (Å²) in [6.45, 7) is -1.19. The molecule has 1 N–H and O–H groups in total. The molecular weight excluding hydrogens is 261 g/mol. The van der Waals surface area contributed by atoms with Crippen LogP contribution in [-0.4, -0.2) is 35.3 Å². The Bertz CT molecular complexity index is 493. The van der Waals surface area contributed by atoms with Gasteiger partial charge < -0.3 is 5.11 Å². The van der Waals surface area contributed by atoms with Crippen molar-refractivity contribution in [3.63, 3.8) is 0 Å². The van der Waals surface area contributed by atoms with Gasteiger partial charge >= 0.3 is 6.18 Å². The molecule has 0 aliphatic rings. The first-order valence-corrected chi connectivity index (χ1v) is 6.61. The predicted octanol–water partition coefficient (Wildman–Crippen LogP) is 0.439. The van der Waals surface area contributed by atoms with Gasteiger partial charge in [0.25, 0.3) is 0 Å². The number of aryl methyl sites for hydroxylation is 1. The van der Waals surface area contributed by atoms with E-state index in [0.29, 0.717) is 4.68 Å². The van der Waals surface area contributed by atoms with Crippen molar-refractivity contribution in [2.45, 2.75) is 19.3 Å². The molecule has 17 heavy (non-hydrogen) atoms. The van der Waals surface area contributed by atoms with Crippen molar-refractivity contribution in [1.29, 1.82) is 0 Å². The summed E-state index contributed by atoms with van der Waals surface area (Å²) in [7, 11) is -3.37. The van der Waals surface area contributed by atoms with E-state index in [-0.39, 0.29) is 5.56 Å². The van der Waals surface area contributed by atoms with Gasteiger partial charge in [0.1, 0.15) is 15.5 Å². The fourth-order valence-corrected chi connectivity index (χ4v) is 1.79. The summed E-state index contributed by atoms with van der Waals surface area (Å²) in [4.78, 5) is 0. The van der Waals surface area contributed by atoms with Crippen LogP contribution in [0, 0.1) is 0 Å². The summed E-state index contributed by atoms with van der Waals surface area (Å²) in [5, 5.41) is 12.2. The van der Waals surface area contributed by atoms with Crippen molar-refractivity contribution in [3.05, 3.63) is 17.5 Å². The quantitative estimate of drug-likeness (QED) is 0.863. The van der Waals surface area contributed by atoms with E-state index in [1.54, 1.807) is 0 Å². The van der Waals surface area contributed by atoms with E-state index < -0.39 is 40.6 Å². The van der Waals surface area contributed by atoms with Crippen LogP contribution in [0.4, 0.5) is 13.2 Å². The summed E-state index contributed by atoms with van der Waals surface area (Å²) >= 11 is 0. The van der Waals surface area contributed by atoms with Crippen LogP contribution in [0.2, 0.25) is 0 Å². The average Bonchev–Trinajstić information content (AvgIpc) is 2.55. The molecule has 0 atom stereocenters. The van der Waals surface area contributed by atoms with Gasteiger partial charge in [-0.05, 0) is 0 Å². The first-order chi connectivity index (χ1) is 7.65. The molecule has 0 spiro atoms. The zero-order chi connectivity index (χ0) is 13.3. The number of aliphatic hydroxyl groups excluding tert-OH is 1. The van der Waals surface area contributed by atoms with Crippen molar-refractivity contribution in [2.24, 2.45) is 0 Å². The minimum atomic E-state index is -4.67. The highest BCUT2D eigenvalue weighted by molar-refractivity contribution is 7.90. The number of halogens is 3. The second kappa shape index (κ2) is 4.65. The van der Waals surface area contributed by atoms with Gasteiger partial charge in [-0.15, -0.1) is 0 Å². The highest BCUT2D eigenvalue weighted by atomic mass is 32.2. The topological polar surface area (TPSA) is 72.2 Å². The van der Waals surface area contributed by atoms with Crippen molar-refractivity contribution in [2.75, 3.05) is 12.0 Å². The lowest BCUT2D eigenvalue weighted by molar-refractivity contribution is -0.145. The van der Waals surface area contributed by atoms with E-state index >= 15 is 0 Å². The zero-order valence-electron chi connectivity index (χ0n) is 8.90. The van der Waals surface area contributed by atoms with E-state index in [9.17, 15) is 21.6 Å². The molecule has 0 amide bonds. The van der Waals surface area contributed by atoms with Crippen LogP contribution in [-0.2, 0) is 29.2 Å². The number of aromatic nitrogens is 2. The molecule has 0 saturated heterocycles. The van der Waals surface area contributed by atoms with Gasteiger partial charge in [-0.3, -0.25) is 4.68 Å². The lowest BCUT2D eigenvalue weighted by Gasteiger charge is -2.11. The Kier molecular flexibility index (Phi) is 3.82. The predicted molar refractivity (Wildman–Crippen MR) is 52.9 cm³/mol. The molecule has 1 aromatic rings. The number of alkyl halides is 3. The van der Waals surface area contributed by atoms with Crippen LogP contribution < -0.4 is 0 Å². The van der Waals surface area contributed by atoms with Crippen molar-refractivity contribution < 1.29 is 26.7 Å². The molecule has 0 saturated carbocycles. The second-order valence-corrected chi connectivity index (χ2v) is 5.79. The summed E-state index contributed by atoms with van der Waals surface area (Å²) < 4.78 is 60.2. The standard InChI is InChI=1S/C8H11F3N2O3S/c1-17(15,16)3-2-13-7(8(9,10)11)6(5-14)4-12-13/h4,14H,2-3,5H2,1H3. The fraction of sp³-hybridized carbons (Fsp3) is 0.625. The van der Waals surface area contributed by atoms with Gasteiger partial charge in [0.05, 0.1) is 25.1 Å². The van der Waals surface area contributed by atoms with E-state index in [4.69, 9.17) is 5.11 Å². The third-order valence-corrected chi connectivity index (χ3v) is 2.95. The number of nitrogens with zero attached hydrogens (tertiary/aromatic N) is 2.